The van der Waals surface area contributed by atoms with Crippen LogP contribution in [-0.4, -0.2) is 20.9 Å². The number of aromatic carboxylic acids is 1. The number of unbranched alkanes of at least 4 members (excludes halogenated alkanes) is 2. The summed E-state index contributed by atoms with van der Waals surface area (Å²) in [6.45, 7) is 0.662. The van der Waals surface area contributed by atoms with Crippen molar-refractivity contribution in [2.24, 2.45) is 0 Å². The Kier molecular flexibility index (Phi) is 3.68. The molecular weight excluding hydrogens is 182 g/mol. The highest BCUT2D eigenvalue weighted by atomic mass is 16.4. The molecule has 1 N–H and O–H groups in total. The number of carboxylic acids is 1. The summed E-state index contributed by atoms with van der Waals surface area (Å²) in [5.74, 6) is -1.01. The quantitative estimate of drug-likeness (QED) is 0.714. The van der Waals surface area contributed by atoms with Crippen molar-refractivity contribution in [1.82, 2.24) is 9.78 Å². The molecule has 0 aromatic carbocycles. The van der Waals surface area contributed by atoms with E-state index in [9.17, 15) is 4.79 Å². The molecule has 14 heavy (non-hydrogen) atoms. The lowest BCUT2D eigenvalue weighted by atomic mass is 10.2. The summed E-state index contributed by atoms with van der Waals surface area (Å²) in [6, 6.07) is 3.52. The van der Waals surface area contributed by atoms with Crippen molar-refractivity contribution in [1.29, 1.82) is 5.26 Å². The molecule has 0 aliphatic rings. The predicted octanol–water partition coefficient (Wildman–Crippen LogP) is 1.28. The Morgan fingerprint density at radius 1 is 1.64 bits per heavy atom. The number of aromatic nitrogens is 2. The Balaban J connectivity index is 2.37. The van der Waals surface area contributed by atoms with Crippen molar-refractivity contribution in [3.05, 3.63) is 18.0 Å². The third-order valence-corrected chi connectivity index (χ3v) is 1.79. The first-order valence-electron chi connectivity index (χ1n) is 4.37. The minimum absolute atomic E-state index is 0.0604. The van der Waals surface area contributed by atoms with Gasteiger partial charge in [0, 0.05) is 19.2 Å². The van der Waals surface area contributed by atoms with Gasteiger partial charge in [0.1, 0.15) is 0 Å². The fourth-order valence-electron chi connectivity index (χ4n) is 1.08. The van der Waals surface area contributed by atoms with E-state index in [1.54, 1.807) is 10.9 Å². The third kappa shape index (κ3) is 2.90. The molecule has 5 nitrogen and oxygen atoms in total. The van der Waals surface area contributed by atoms with Crippen LogP contribution in [0.3, 0.4) is 0 Å². The van der Waals surface area contributed by atoms with Gasteiger partial charge in [0.25, 0.3) is 0 Å². The van der Waals surface area contributed by atoms with Crippen LogP contribution >= 0.6 is 0 Å². The minimum atomic E-state index is -1.01. The number of carbonyl (C=O) groups is 1. The zero-order chi connectivity index (χ0) is 10.4. The average molecular weight is 193 g/mol. The molecule has 0 atom stereocenters. The van der Waals surface area contributed by atoms with Crippen LogP contribution in [-0.2, 0) is 6.54 Å². The second-order valence-corrected chi connectivity index (χ2v) is 2.88. The second-order valence-electron chi connectivity index (χ2n) is 2.88. The zero-order valence-electron chi connectivity index (χ0n) is 7.68. The van der Waals surface area contributed by atoms with Crippen molar-refractivity contribution < 1.29 is 9.90 Å². The number of nitriles is 1. The molecule has 0 amide bonds. The largest absolute Gasteiger partial charge is 0.476 e. The number of aryl methyl sites for hydroxylation is 1. The maximum Gasteiger partial charge on any atom is 0.356 e. The molecule has 1 aromatic rings. The Hall–Kier alpha value is -1.83. The van der Waals surface area contributed by atoms with E-state index in [1.807, 2.05) is 0 Å². The summed E-state index contributed by atoms with van der Waals surface area (Å²) in [5.41, 5.74) is 0.0604. The molecule has 0 aliphatic heterocycles. The molecule has 0 fully saturated rings. The van der Waals surface area contributed by atoms with Crippen molar-refractivity contribution in [3.8, 4) is 6.07 Å². The summed E-state index contributed by atoms with van der Waals surface area (Å²) < 4.78 is 1.58. The summed E-state index contributed by atoms with van der Waals surface area (Å²) >= 11 is 0. The highest BCUT2D eigenvalue weighted by Gasteiger charge is 2.05. The van der Waals surface area contributed by atoms with Gasteiger partial charge in [-0.15, -0.1) is 0 Å². The fourth-order valence-corrected chi connectivity index (χ4v) is 1.08. The van der Waals surface area contributed by atoms with E-state index < -0.39 is 5.97 Å². The smallest absolute Gasteiger partial charge is 0.356 e. The van der Waals surface area contributed by atoms with Crippen molar-refractivity contribution in [2.45, 2.75) is 25.8 Å². The van der Waals surface area contributed by atoms with Crippen LogP contribution in [0.15, 0.2) is 12.3 Å². The van der Waals surface area contributed by atoms with Gasteiger partial charge >= 0.3 is 5.97 Å². The SMILES string of the molecule is N#CCCCCn1ccc(C(=O)O)n1. The lowest BCUT2D eigenvalue weighted by molar-refractivity contribution is 0.0689. The van der Waals surface area contributed by atoms with E-state index in [-0.39, 0.29) is 5.69 Å². The van der Waals surface area contributed by atoms with Gasteiger partial charge in [0.15, 0.2) is 5.69 Å². The third-order valence-electron chi connectivity index (χ3n) is 1.79. The molecule has 0 radical (unpaired) electrons. The fraction of sp³-hybridized carbons (Fsp3) is 0.444. The van der Waals surface area contributed by atoms with Crippen LogP contribution < -0.4 is 0 Å². The van der Waals surface area contributed by atoms with Gasteiger partial charge in [-0.1, -0.05) is 0 Å². The summed E-state index contributed by atoms with van der Waals surface area (Å²) in [4.78, 5) is 10.5. The van der Waals surface area contributed by atoms with Gasteiger partial charge in [-0.3, -0.25) is 4.68 Å². The summed E-state index contributed by atoms with van der Waals surface area (Å²) in [6.07, 6.45) is 3.83. The van der Waals surface area contributed by atoms with Gasteiger partial charge < -0.3 is 5.11 Å². The first-order chi connectivity index (χ1) is 6.74. The Labute approximate surface area is 81.6 Å². The second kappa shape index (κ2) is 5.02. The Morgan fingerprint density at radius 2 is 2.43 bits per heavy atom. The van der Waals surface area contributed by atoms with Gasteiger partial charge in [0.2, 0.25) is 0 Å². The lowest BCUT2D eigenvalue weighted by Crippen LogP contribution is -2.02. The van der Waals surface area contributed by atoms with Crippen molar-refractivity contribution in [3.63, 3.8) is 0 Å². The molecule has 0 bridgehead atoms. The standard InChI is InChI=1S/C9H11N3O2/c10-5-2-1-3-6-12-7-4-8(11-12)9(13)14/h4,7H,1-3,6H2,(H,13,14). The van der Waals surface area contributed by atoms with Crippen LogP contribution in [0.25, 0.3) is 0 Å². The molecule has 0 unspecified atom stereocenters. The van der Waals surface area contributed by atoms with E-state index >= 15 is 0 Å². The first kappa shape index (κ1) is 10.3. The molecule has 0 spiro atoms. The van der Waals surface area contributed by atoms with E-state index in [0.29, 0.717) is 13.0 Å². The van der Waals surface area contributed by atoms with Gasteiger partial charge in [0.05, 0.1) is 6.07 Å². The van der Waals surface area contributed by atoms with Crippen LogP contribution in [0.2, 0.25) is 0 Å². The van der Waals surface area contributed by atoms with Crippen molar-refractivity contribution >= 4 is 5.97 Å². The van der Waals surface area contributed by atoms with Gasteiger partial charge in [-0.2, -0.15) is 10.4 Å². The first-order valence-corrected chi connectivity index (χ1v) is 4.37. The molecule has 74 valence electrons. The molecule has 0 saturated carbocycles. The Bertz CT molecular complexity index is 351. The highest BCUT2D eigenvalue weighted by Crippen LogP contribution is 2.00. The number of hydrogen-bond acceptors (Lipinski definition) is 3. The summed E-state index contributed by atoms with van der Waals surface area (Å²) in [7, 11) is 0. The number of carboxylic acid groups (broad SMARTS) is 1. The molecule has 0 aliphatic carbocycles. The van der Waals surface area contributed by atoms with Gasteiger partial charge in [-0.05, 0) is 18.9 Å². The molecule has 1 heterocycles. The van der Waals surface area contributed by atoms with Crippen LogP contribution in [0.1, 0.15) is 29.8 Å². The molecule has 1 aromatic heterocycles. The van der Waals surface area contributed by atoms with E-state index in [0.717, 1.165) is 12.8 Å². The van der Waals surface area contributed by atoms with E-state index in [4.69, 9.17) is 10.4 Å². The van der Waals surface area contributed by atoms with Crippen molar-refractivity contribution in [2.75, 3.05) is 0 Å². The van der Waals surface area contributed by atoms with Crippen LogP contribution in [0, 0.1) is 11.3 Å². The normalized spacial score (nSPS) is 9.64. The molecule has 0 saturated heterocycles. The van der Waals surface area contributed by atoms with Crippen LogP contribution in [0.5, 0.6) is 0 Å². The van der Waals surface area contributed by atoms with E-state index in [2.05, 4.69) is 11.2 Å². The number of nitrogens with zero attached hydrogens (tertiary/aromatic N) is 3. The van der Waals surface area contributed by atoms with Gasteiger partial charge in [-0.25, -0.2) is 4.79 Å². The number of hydrogen-bond donors (Lipinski definition) is 1. The van der Waals surface area contributed by atoms with E-state index in [1.165, 1.54) is 6.07 Å². The predicted molar refractivity (Wildman–Crippen MR) is 48.7 cm³/mol. The topological polar surface area (TPSA) is 78.9 Å². The molecule has 1 rings (SSSR count). The Morgan fingerprint density at radius 3 is 3.00 bits per heavy atom. The number of rotatable bonds is 5. The van der Waals surface area contributed by atoms with Crippen LogP contribution in [0.4, 0.5) is 0 Å². The lowest BCUT2D eigenvalue weighted by Gasteiger charge is -1.98. The monoisotopic (exact) mass is 193 g/mol. The highest BCUT2D eigenvalue weighted by molar-refractivity contribution is 5.84. The molecule has 5 heteroatoms. The zero-order valence-corrected chi connectivity index (χ0v) is 7.68. The summed E-state index contributed by atoms with van der Waals surface area (Å²) in [5, 5.41) is 20.7. The average Bonchev–Trinajstić information content (AvgIpc) is 2.61. The minimum Gasteiger partial charge on any atom is -0.476 e. The maximum absolute atomic E-state index is 10.5. The maximum atomic E-state index is 10.5. The molecular formula is C9H11N3O2.